The lowest BCUT2D eigenvalue weighted by atomic mass is 10.0. The molecular weight excluding hydrogens is 496 g/mol. The fourth-order valence-electron chi connectivity index (χ4n) is 3.41. The number of benzene rings is 2. The van der Waals surface area contributed by atoms with E-state index in [0.717, 1.165) is 11.8 Å². The van der Waals surface area contributed by atoms with Crippen LogP contribution in [-0.2, 0) is 14.8 Å². The third-order valence-corrected chi connectivity index (χ3v) is 6.73. The first-order valence-electron chi connectivity index (χ1n) is 11.5. The number of aromatic nitrogens is 1. The van der Waals surface area contributed by atoms with Crippen molar-refractivity contribution >= 4 is 27.7 Å². The smallest absolute Gasteiger partial charge is 0.269 e. The third-order valence-electron chi connectivity index (χ3n) is 5.40. The SMILES string of the molecule is CCC(NC(=O)c1cccc(S(=O)(=O)NC(=O)c2ccc(C(=O)NCCOC)nc2)c1)c1ccccc1. The molecule has 0 aliphatic heterocycles. The Kier molecular flexibility index (Phi) is 9.47. The first kappa shape index (κ1) is 27.5. The number of hydrogen-bond donors (Lipinski definition) is 3. The number of methoxy groups -OCH3 is 1. The summed E-state index contributed by atoms with van der Waals surface area (Å²) in [5, 5.41) is 5.50. The van der Waals surface area contributed by atoms with Crippen LogP contribution < -0.4 is 15.4 Å². The first-order valence-corrected chi connectivity index (χ1v) is 13.0. The highest BCUT2D eigenvalue weighted by Gasteiger charge is 2.22. The van der Waals surface area contributed by atoms with E-state index in [9.17, 15) is 22.8 Å². The average molecular weight is 525 g/mol. The number of carbonyl (C=O) groups excluding carboxylic acids is 3. The van der Waals surface area contributed by atoms with Gasteiger partial charge in [0.1, 0.15) is 5.69 Å². The van der Waals surface area contributed by atoms with E-state index in [1.807, 2.05) is 42.0 Å². The highest BCUT2D eigenvalue weighted by atomic mass is 32.2. The molecule has 3 amide bonds. The number of pyridine rings is 1. The molecular formula is C26H28N4O6S. The Balaban J connectivity index is 1.69. The summed E-state index contributed by atoms with van der Waals surface area (Å²) in [5.41, 5.74) is 1.08. The van der Waals surface area contributed by atoms with Crippen molar-refractivity contribution in [3.8, 4) is 0 Å². The van der Waals surface area contributed by atoms with E-state index in [4.69, 9.17) is 4.74 Å². The predicted molar refractivity (Wildman–Crippen MR) is 136 cm³/mol. The lowest BCUT2D eigenvalue weighted by molar-refractivity contribution is 0.0925. The molecule has 11 heteroatoms. The Bertz CT molecular complexity index is 1340. The standard InChI is InChI=1S/C26H28N4O6S/c1-3-22(18-8-5-4-6-9-18)29-24(31)19-10-7-11-21(16-19)37(34,35)30-25(32)20-12-13-23(28-17-20)26(33)27-14-15-36-2/h4-13,16-17,22H,3,14-15H2,1-2H3,(H,27,33)(H,29,31)(H,30,32). The van der Waals surface area contributed by atoms with E-state index < -0.39 is 27.7 Å². The minimum atomic E-state index is -4.29. The molecule has 3 N–H and O–H groups in total. The first-order chi connectivity index (χ1) is 17.7. The molecule has 3 aromatic rings. The van der Waals surface area contributed by atoms with Crippen molar-refractivity contribution in [2.24, 2.45) is 0 Å². The second-order valence-corrected chi connectivity index (χ2v) is 9.67. The topological polar surface area (TPSA) is 144 Å². The Morgan fingerprint density at radius 3 is 2.32 bits per heavy atom. The van der Waals surface area contributed by atoms with Crippen LogP contribution in [0.15, 0.2) is 77.8 Å². The van der Waals surface area contributed by atoms with E-state index in [2.05, 4.69) is 15.6 Å². The number of hydrogen-bond acceptors (Lipinski definition) is 7. The van der Waals surface area contributed by atoms with Crippen LogP contribution in [0.2, 0.25) is 0 Å². The lowest BCUT2D eigenvalue weighted by Crippen LogP contribution is -2.32. The van der Waals surface area contributed by atoms with Gasteiger partial charge in [-0.2, -0.15) is 0 Å². The van der Waals surface area contributed by atoms with Crippen LogP contribution in [-0.4, -0.2) is 51.4 Å². The van der Waals surface area contributed by atoms with E-state index >= 15 is 0 Å². The van der Waals surface area contributed by atoms with Gasteiger partial charge in [-0.3, -0.25) is 19.4 Å². The zero-order valence-corrected chi connectivity index (χ0v) is 21.2. The average Bonchev–Trinajstić information content (AvgIpc) is 2.92. The summed E-state index contributed by atoms with van der Waals surface area (Å²) in [6.45, 7) is 2.56. The summed E-state index contributed by atoms with van der Waals surface area (Å²) in [7, 11) is -2.79. The predicted octanol–water partition coefficient (Wildman–Crippen LogP) is 2.46. The highest BCUT2D eigenvalue weighted by molar-refractivity contribution is 7.90. The van der Waals surface area contributed by atoms with Crippen molar-refractivity contribution < 1.29 is 27.5 Å². The van der Waals surface area contributed by atoms with Gasteiger partial charge >= 0.3 is 0 Å². The van der Waals surface area contributed by atoms with Gasteiger partial charge in [-0.15, -0.1) is 0 Å². The van der Waals surface area contributed by atoms with E-state index in [0.29, 0.717) is 19.6 Å². The number of carbonyl (C=O) groups is 3. The highest BCUT2D eigenvalue weighted by Crippen LogP contribution is 2.18. The number of ether oxygens (including phenoxy) is 1. The minimum absolute atomic E-state index is 0.0560. The Morgan fingerprint density at radius 1 is 0.919 bits per heavy atom. The molecule has 194 valence electrons. The summed E-state index contributed by atoms with van der Waals surface area (Å²) in [6, 6.07) is 17.2. The summed E-state index contributed by atoms with van der Waals surface area (Å²) in [6.07, 6.45) is 1.75. The van der Waals surface area contributed by atoms with Crippen molar-refractivity contribution in [1.29, 1.82) is 0 Å². The molecule has 0 fully saturated rings. The molecule has 0 saturated carbocycles. The fraction of sp³-hybridized carbons (Fsp3) is 0.231. The monoisotopic (exact) mass is 524 g/mol. The van der Waals surface area contributed by atoms with Crippen LogP contribution in [0.1, 0.15) is 56.2 Å². The Hall–Kier alpha value is -4.09. The Morgan fingerprint density at radius 2 is 1.68 bits per heavy atom. The largest absolute Gasteiger partial charge is 0.383 e. The molecule has 3 rings (SSSR count). The van der Waals surface area contributed by atoms with Crippen LogP contribution in [0.4, 0.5) is 0 Å². The second-order valence-electron chi connectivity index (χ2n) is 7.99. The Labute approximate surface area is 215 Å². The summed E-state index contributed by atoms with van der Waals surface area (Å²) < 4.78 is 32.5. The van der Waals surface area contributed by atoms with Gasteiger partial charge in [0.05, 0.1) is 23.1 Å². The van der Waals surface area contributed by atoms with Crippen LogP contribution in [0.3, 0.4) is 0 Å². The minimum Gasteiger partial charge on any atom is -0.383 e. The molecule has 0 saturated heterocycles. The van der Waals surface area contributed by atoms with Gasteiger partial charge in [0.25, 0.3) is 27.7 Å². The maximum Gasteiger partial charge on any atom is 0.269 e. The van der Waals surface area contributed by atoms with Crippen molar-refractivity contribution in [3.63, 3.8) is 0 Å². The second kappa shape index (κ2) is 12.7. The molecule has 1 aromatic heterocycles. The van der Waals surface area contributed by atoms with Gasteiger partial charge in [0, 0.05) is 25.4 Å². The molecule has 1 unspecified atom stereocenters. The maximum absolute atomic E-state index is 12.9. The third kappa shape index (κ3) is 7.45. The molecule has 0 aliphatic carbocycles. The van der Waals surface area contributed by atoms with Gasteiger partial charge in [0.2, 0.25) is 0 Å². The quantitative estimate of drug-likeness (QED) is 0.327. The van der Waals surface area contributed by atoms with E-state index in [-0.39, 0.29) is 27.8 Å². The summed E-state index contributed by atoms with van der Waals surface area (Å²) in [5.74, 6) is -1.82. The molecule has 0 bridgehead atoms. The molecule has 1 atom stereocenters. The molecule has 10 nitrogen and oxygen atoms in total. The normalized spacial score (nSPS) is 11.8. The van der Waals surface area contributed by atoms with E-state index in [1.54, 1.807) is 0 Å². The van der Waals surface area contributed by atoms with E-state index in [1.165, 1.54) is 43.5 Å². The van der Waals surface area contributed by atoms with Crippen LogP contribution in [0, 0.1) is 0 Å². The molecule has 0 aliphatic rings. The zero-order chi connectivity index (χ0) is 26.8. The van der Waals surface area contributed by atoms with Crippen LogP contribution >= 0.6 is 0 Å². The molecule has 1 heterocycles. The fourth-order valence-corrected chi connectivity index (χ4v) is 4.43. The number of rotatable bonds is 11. The van der Waals surface area contributed by atoms with Gasteiger partial charge in [-0.25, -0.2) is 13.1 Å². The number of nitrogens with one attached hydrogen (secondary N) is 3. The van der Waals surface area contributed by atoms with Crippen LogP contribution in [0.25, 0.3) is 0 Å². The van der Waals surface area contributed by atoms with Gasteiger partial charge in [0.15, 0.2) is 0 Å². The lowest BCUT2D eigenvalue weighted by Gasteiger charge is -2.17. The summed E-state index contributed by atoms with van der Waals surface area (Å²) in [4.78, 5) is 41.1. The molecule has 37 heavy (non-hydrogen) atoms. The van der Waals surface area contributed by atoms with Gasteiger partial charge < -0.3 is 15.4 Å². The molecule has 0 radical (unpaired) electrons. The number of amides is 3. The molecule has 0 spiro atoms. The van der Waals surface area contributed by atoms with Gasteiger partial charge in [-0.1, -0.05) is 43.3 Å². The van der Waals surface area contributed by atoms with Crippen molar-refractivity contribution in [1.82, 2.24) is 20.3 Å². The number of sulfonamides is 1. The van der Waals surface area contributed by atoms with Gasteiger partial charge in [-0.05, 0) is 42.3 Å². The maximum atomic E-state index is 12.9. The molecule has 2 aromatic carbocycles. The van der Waals surface area contributed by atoms with Crippen LogP contribution in [0.5, 0.6) is 0 Å². The number of nitrogens with zero attached hydrogens (tertiary/aromatic N) is 1. The van der Waals surface area contributed by atoms with Crippen molar-refractivity contribution in [2.45, 2.75) is 24.3 Å². The summed E-state index contributed by atoms with van der Waals surface area (Å²) >= 11 is 0. The zero-order valence-electron chi connectivity index (χ0n) is 20.4. The van der Waals surface area contributed by atoms with Crippen molar-refractivity contribution in [3.05, 3.63) is 95.3 Å². The van der Waals surface area contributed by atoms with Crippen molar-refractivity contribution in [2.75, 3.05) is 20.3 Å².